The number of hydrogen-bond donors (Lipinski definition) is 2. The Balaban J connectivity index is 1.48. The van der Waals surface area contributed by atoms with Crippen molar-refractivity contribution in [1.29, 1.82) is 0 Å². The summed E-state index contributed by atoms with van der Waals surface area (Å²) in [6.07, 6.45) is 8.75. The summed E-state index contributed by atoms with van der Waals surface area (Å²) < 4.78 is 0. The van der Waals surface area contributed by atoms with Crippen LogP contribution in [0.2, 0.25) is 0 Å². The predicted octanol–water partition coefficient (Wildman–Crippen LogP) is 4.17. The minimum atomic E-state index is -0.453. The van der Waals surface area contributed by atoms with Crippen molar-refractivity contribution in [2.24, 2.45) is 5.92 Å². The third-order valence-electron chi connectivity index (χ3n) is 6.29. The molecule has 1 aromatic carbocycles. The number of anilines is 3. The van der Waals surface area contributed by atoms with Crippen molar-refractivity contribution in [1.82, 2.24) is 9.97 Å². The Labute approximate surface area is 177 Å². The van der Waals surface area contributed by atoms with Crippen molar-refractivity contribution in [3.63, 3.8) is 0 Å². The number of nitrogen functional groups attached to an aromatic ring is 1. The van der Waals surface area contributed by atoms with Crippen LogP contribution in [0.3, 0.4) is 0 Å². The summed E-state index contributed by atoms with van der Waals surface area (Å²) in [5.41, 5.74) is 7.17. The van der Waals surface area contributed by atoms with E-state index < -0.39 is 4.92 Å². The Morgan fingerprint density at radius 3 is 2.43 bits per heavy atom. The molecule has 8 nitrogen and oxygen atoms in total. The molecule has 0 radical (unpaired) electrons. The average molecular weight is 411 g/mol. The maximum absolute atomic E-state index is 11.7. The van der Waals surface area contributed by atoms with Gasteiger partial charge in [-0.25, -0.2) is 0 Å². The lowest BCUT2D eigenvalue weighted by Gasteiger charge is -2.33. The van der Waals surface area contributed by atoms with Gasteiger partial charge in [0, 0.05) is 19.1 Å². The topological polar surface area (TPSA) is 110 Å². The van der Waals surface area contributed by atoms with Gasteiger partial charge in [-0.15, -0.1) is 0 Å². The molecule has 1 aliphatic heterocycles. The van der Waals surface area contributed by atoms with Gasteiger partial charge in [-0.1, -0.05) is 49.6 Å². The van der Waals surface area contributed by atoms with Gasteiger partial charge >= 0.3 is 5.69 Å². The molecule has 2 aliphatic rings. The Morgan fingerprint density at radius 1 is 1.07 bits per heavy atom. The number of nitro groups is 1. The molecule has 1 saturated heterocycles. The van der Waals surface area contributed by atoms with E-state index in [1.54, 1.807) is 0 Å². The third kappa shape index (κ3) is 4.80. The average Bonchev–Trinajstić information content (AvgIpc) is 2.75. The minimum Gasteiger partial charge on any atom is -0.378 e. The van der Waals surface area contributed by atoms with Crippen LogP contribution in [0.15, 0.2) is 30.3 Å². The van der Waals surface area contributed by atoms with Gasteiger partial charge in [0.15, 0.2) is 0 Å². The van der Waals surface area contributed by atoms with E-state index in [0.29, 0.717) is 23.7 Å². The summed E-state index contributed by atoms with van der Waals surface area (Å²) >= 11 is 0. The second-order valence-corrected chi connectivity index (χ2v) is 8.46. The fourth-order valence-electron chi connectivity index (χ4n) is 4.65. The highest BCUT2D eigenvalue weighted by Gasteiger charge is 2.30. The molecule has 2 heterocycles. The minimum absolute atomic E-state index is 0.0604. The maximum atomic E-state index is 11.7. The first-order valence-corrected chi connectivity index (χ1v) is 11.0. The number of nitrogens with two attached hydrogens (primary N) is 1. The lowest BCUT2D eigenvalue weighted by molar-refractivity contribution is -0.383. The van der Waals surface area contributed by atoms with Gasteiger partial charge in [0.05, 0.1) is 4.92 Å². The van der Waals surface area contributed by atoms with Crippen molar-refractivity contribution in [2.75, 3.05) is 29.0 Å². The molecule has 0 atom stereocenters. The van der Waals surface area contributed by atoms with Crippen LogP contribution < -0.4 is 16.0 Å². The van der Waals surface area contributed by atoms with E-state index in [1.165, 1.54) is 24.8 Å². The second kappa shape index (κ2) is 9.28. The molecule has 0 unspecified atom stereocenters. The maximum Gasteiger partial charge on any atom is 0.353 e. The van der Waals surface area contributed by atoms with Gasteiger partial charge in [-0.3, -0.25) is 10.1 Å². The van der Waals surface area contributed by atoms with Crippen molar-refractivity contribution in [3.05, 3.63) is 46.0 Å². The quantitative estimate of drug-likeness (QED) is 0.543. The van der Waals surface area contributed by atoms with Gasteiger partial charge in [-0.2, -0.15) is 9.97 Å². The molecule has 1 aliphatic carbocycles. The Morgan fingerprint density at radius 2 is 1.77 bits per heavy atom. The first-order chi connectivity index (χ1) is 14.6. The fraction of sp³-hybridized carbons (Fsp3) is 0.545. The number of hydrogen-bond acceptors (Lipinski definition) is 7. The summed E-state index contributed by atoms with van der Waals surface area (Å²) in [5.74, 6) is 1.27. The van der Waals surface area contributed by atoms with Crippen molar-refractivity contribution >= 4 is 23.3 Å². The lowest BCUT2D eigenvalue weighted by atomic mass is 9.90. The third-order valence-corrected chi connectivity index (χ3v) is 6.29. The van der Waals surface area contributed by atoms with E-state index in [4.69, 9.17) is 5.73 Å². The molecular weight excluding hydrogens is 380 g/mol. The first-order valence-electron chi connectivity index (χ1n) is 11.0. The molecular formula is C22H30N6O2. The lowest BCUT2D eigenvalue weighted by Crippen LogP contribution is -2.36. The molecule has 8 heteroatoms. The smallest absolute Gasteiger partial charge is 0.353 e. The summed E-state index contributed by atoms with van der Waals surface area (Å²) in [6, 6.07) is 10.8. The molecule has 4 rings (SSSR count). The highest BCUT2D eigenvalue weighted by Crippen LogP contribution is 2.35. The van der Waals surface area contributed by atoms with Crippen LogP contribution in [0, 0.1) is 16.0 Å². The van der Waals surface area contributed by atoms with Gasteiger partial charge < -0.3 is 16.0 Å². The van der Waals surface area contributed by atoms with Crippen LogP contribution in [0.4, 0.5) is 23.3 Å². The van der Waals surface area contributed by atoms with Crippen molar-refractivity contribution < 1.29 is 4.92 Å². The molecule has 2 aromatic rings. The molecule has 0 bridgehead atoms. The normalized spacial score (nSPS) is 18.3. The van der Waals surface area contributed by atoms with E-state index in [1.807, 2.05) is 11.0 Å². The summed E-state index contributed by atoms with van der Waals surface area (Å²) in [7, 11) is 0. The number of benzene rings is 1. The van der Waals surface area contributed by atoms with Crippen molar-refractivity contribution in [3.8, 4) is 0 Å². The molecule has 1 saturated carbocycles. The van der Waals surface area contributed by atoms with E-state index in [9.17, 15) is 10.1 Å². The number of nitrogens with one attached hydrogen (secondary N) is 1. The van der Waals surface area contributed by atoms with Crippen LogP contribution in [0.5, 0.6) is 0 Å². The van der Waals surface area contributed by atoms with Crippen LogP contribution in [0.25, 0.3) is 0 Å². The highest BCUT2D eigenvalue weighted by atomic mass is 16.6. The molecule has 0 amide bonds. The highest BCUT2D eigenvalue weighted by molar-refractivity contribution is 5.71. The zero-order chi connectivity index (χ0) is 20.9. The van der Waals surface area contributed by atoms with Gasteiger partial charge in [-0.05, 0) is 43.6 Å². The standard InChI is InChI=1S/C22H30N6O2/c23-20-19(28(29)30)21(26-22(25-20)24-18-9-5-2-6-10-18)27-13-11-17(12-14-27)15-16-7-3-1-4-8-16/h1,3-4,7-8,17-18H,2,5-6,9-15H2,(H3,23,24,25,26). The van der Waals surface area contributed by atoms with E-state index in [0.717, 1.165) is 45.2 Å². The number of rotatable bonds is 6. The van der Waals surface area contributed by atoms with Gasteiger partial charge in [0.1, 0.15) is 0 Å². The predicted molar refractivity (Wildman–Crippen MR) is 119 cm³/mol. The Kier molecular flexibility index (Phi) is 6.30. The fourth-order valence-corrected chi connectivity index (χ4v) is 4.65. The zero-order valence-electron chi connectivity index (χ0n) is 17.3. The first kappa shape index (κ1) is 20.4. The molecule has 2 fully saturated rings. The molecule has 3 N–H and O–H groups in total. The van der Waals surface area contributed by atoms with Crippen LogP contribution in [-0.4, -0.2) is 34.0 Å². The van der Waals surface area contributed by atoms with E-state index in [-0.39, 0.29) is 11.5 Å². The summed E-state index contributed by atoms with van der Waals surface area (Å²) in [4.78, 5) is 22.0. The monoisotopic (exact) mass is 410 g/mol. The van der Waals surface area contributed by atoms with Crippen LogP contribution in [0.1, 0.15) is 50.5 Å². The van der Waals surface area contributed by atoms with Gasteiger partial charge in [0.25, 0.3) is 0 Å². The number of nitrogens with zero attached hydrogens (tertiary/aromatic N) is 4. The summed E-state index contributed by atoms with van der Waals surface area (Å²) in [6.45, 7) is 1.47. The van der Waals surface area contributed by atoms with Crippen molar-refractivity contribution in [2.45, 2.75) is 57.4 Å². The number of aromatic nitrogens is 2. The largest absolute Gasteiger partial charge is 0.378 e. The van der Waals surface area contributed by atoms with Crippen LogP contribution >= 0.6 is 0 Å². The van der Waals surface area contributed by atoms with Gasteiger partial charge in [0.2, 0.25) is 17.6 Å². The Hall–Kier alpha value is -2.90. The number of piperidine rings is 1. The zero-order valence-corrected chi connectivity index (χ0v) is 17.3. The molecule has 160 valence electrons. The molecule has 1 aromatic heterocycles. The second-order valence-electron chi connectivity index (χ2n) is 8.46. The molecule has 30 heavy (non-hydrogen) atoms. The van der Waals surface area contributed by atoms with E-state index in [2.05, 4.69) is 39.6 Å². The van der Waals surface area contributed by atoms with E-state index >= 15 is 0 Å². The Bertz CT molecular complexity index is 861. The summed E-state index contributed by atoms with van der Waals surface area (Å²) in [5, 5.41) is 15.0. The van der Waals surface area contributed by atoms with Crippen LogP contribution in [-0.2, 0) is 6.42 Å². The molecule has 0 spiro atoms. The SMILES string of the molecule is Nc1nc(NC2CCCCC2)nc(N2CCC(Cc3ccccc3)CC2)c1[N+](=O)[O-].